The Morgan fingerprint density at radius 2 is 1.35 bits per heavy atom. The molecule has 0 unspecified atom stereocenters. The largest absolute Gasteiger partial charge is 0.758 e. The average molecular weight is 352 g/mol. The van der Waals surface area contributed by atoms with Crippen LogP contribution in [-0.4, -0.2) is 15.8 Å². The van der Waals surface area contributed by atoms with E-state index in [-0.39, 0.29) is 0 Å². The number of rotatable bonds is 4. The smallest absolute Gasteiger partial charge is 0.263 e. The zero-order chi connectivity index (χ0) is 19.5. The van der Waals surface area contributed by atoms with Gasteiger partial charge < -0.3 is 10.3 Å². The van der Waals surface area contributed by atoms with Crippen LogP contribution in [0, 0.1) is 10.1 Å². The van der Waals surface area contributed by atoms with Crippen molar-refractivity contribution in [1.29, 1.82) is 0 Å². The van der Waals surface area contributed by atoms with Crippen LogP contribution in [0.3, 0.4) is 0 Å². The molecular formula is C22H28N2O2. The summed E-state index contributed by atoms with van der Waals surface area (Å²) in [6, 6.07) is 15.0. The minimum atomic E-state index is -0.528. The first-order valence-corrected chi connectivity index (χ1v) is 8.82. The van der Waals surface area contributed by atoms with Crippen LogP contribution in [0.15, 0.2) is 48.5 Å². The van der Waals surface area contributed by atoms with Crippen LogP contribution in [0.4, 0.5) is 11.4 Å². The third-order valence-electron chi connectivity index (χ3n) is 3.97. The predicted octanol–water partition coefficient (Wildman–Crippen LogP) is 6.17. The van der Waals surface area contributed by atoms with Crippen LogP contribution in [0.25, 0.3) is 12.2 Å². The van der Waals surface area contributed by atoms with Crippen LogP contribution < -0.4 is 5.06 Å². The molecule has 0 saturated carbocycles. The first-order valence-electron chi connectivity index (χ1n) is 8.82. The average Bonchev–Trinajstić information content (AvgIpc) is 2.57. The maximum absolute atomic E-state index is 12.6. The summed E-state index contributed by atoms with van der Waals surface area (Å²) in [4.78, 5) is 12.6. The third-order valence-corrected chi connectivity index (χ3v) is 3.97. The van der Waals surface area contributed by atoms with Crippen molar-refractivity contribution in [2.45, 2.75) is 52.6 Å². The Kier molecular flexibility index (Phi) is 5.67. The number of nitrogens with zero attached hydrogens (tertiary/aromatic N) is 2. The van der Waals surface area contributed by atoms with Crippen LogP contribution >= 0.6 is 0 Å². The van der Waals surface area contributed by atoms with Gasteiger partial charge in [-0.3, -0.25) is 0 Å². The molecule has 2 aromatic rings. The third kappa shape index (κ3) is 4.58. The fourth-order valence-electron chi connectivity index (χ4n) is 2.53. The van der Waals surface area contributed by atoms with Crippen LogP contribution in [-0.2, 0) is 0 Å². The molecule has 0 aliphatic rings. The van der Waals surface area contributed by atoms with E-state index in [1.54, 1.807) is 0 Å². The SMILES string of the molecule is CC(C)(C)N([O-])c1ccccc1/C=C/c1ccccc1[N+](=O)C(C)(C)C. The first-order chi connectivity index (χ1) is 12.0. The van der Waals surface area contributed by atoms with Crippen molar-refractivity contribution in [3.8, 4) is 0 Å². The molecule has 0 bridgehead atoms. The normalized spacial score (nSPS) is 12.4. The molecule has 2 rings (SSSR count). The molecular weight excluding hydrogens is 324 g/mol. The second kappa shape index (κ2) is 7.42. The van der Waals surface area contributed by atoms with Gasteiger partial charge in [-0.25, -0.2) is 0 Å². The standard InChI is InChI=1S/C22H28N2O2/c1-21(2,3)23(25)19-13-9-7-11-17(19)15-16-18-12-8-10-14-20(18)24(26)22(4,5)6/h7-16H,1-6H3/b16-15+. The number of hydrogen-bond acceptors (Lipinski definition) is 3. The van der Waals surface area contributed by atoms with Gasteiger partial charge in [0.15, 0.2) is 0 Å². The van der Waals surface area contributed by atoms with Crippen molar-refractivity contribution in [3.05, 3.63) is 69.8 Å². The van der Waals surface area contributed by atoms with Gasteiger partial charge in [0.1, 0.15) is 0 Å². The van der Waals surface area contributed by atoms with E-state index in [4.69, 9.17) is 0 Å². The highest BCUT2D eigenvalue weighted by Gasteiger charge is 2.32. The second-order valence-corrected chi connectivity index (χ2v) is 8.38. The monoisotopic (exact) mass is 352 g/mol. The summed E-state index contributed by atoms with van der Waals surface area (Å²) in [7, 11) is 0. The Balaban J connectivity index is 2.43. The summed E-state index contributed by atoms with van der Waals surface area (Å²) in [5.74, 6) is 0. The summed E-state index contributed by atoms with van der Waals surface area (Å²) in [5.41, 5.74) is 1.81. The fourth-order valence-corrected chi connectivity index (χ4v) is 2.53. The van der Waals surface area contributed by atoms with Crippen molar-refractivity contribution in [3.63, 3.8) is 0 Å². The molecule has 138 valence electrons. The van der Waals surface area contributed by atoms with Crippen molar-refractivity contribution in [1.82, 2.24) is 0 Å². The number of nitroso groups, excluding NO2 is 1. The number of anilines is 1. The lowest BCUT2D eigenvalue weighted by Gasteiger charge is -2.44. The van der Waals surface area contributed by atoms with Crippen LogP contribution in [0.1, 0.15) is 52.7 Å². The summed E-state index contributed by atoms with van der Waals surface area (Å²) in [6.07, 6.45) is 3.78. The first kappa shape index (κ1) is 19.9. The molecule has 4 heteroatoms. The van der Waals surface area contributed by atoms with Crippen molar-refractivity contribution in [2.24, 2.45) is 0 Å². The molecule has 0 atom stereocenters. The predicted molar refractivity (Wildman–Crippen MR) is 110 cm³/mol. The van der Waals surface area contributed by atoms with E-state index in [2.05, 4.69) is 0 Å². The number of hydrogen-bond donors (Lipinski definition) is 0. The van der Waals surface area contributed by atoms with Crippen molar-refractivity contribution < 1.29 is 4.76 Å². The highest BCUT2D eigenvalue weighted by atomic mass is 16.5. The van der Waals surface area contributed by atoms with E-state index in [0.717, 1.165) is 21.0 Å². The van der Waals surface area contributed by atoms with E-state index in [1.165, 1.54) is 0 Å². The fraction of sp³-hybridized carbons (Fsp3) is 0.364. The molecule has 0 aliphatic heterocycles. The maximum Gasteiger partial charge on any atom is 0.263 e. The molecule has 0 heterocycles. The van der Waals surface area contributed by atoms with Gasteiger partial charge in [-0.1, -0.05) is 36.4 Å². The Bertz CT molecular complexity index is 811. The van der Waals surface area contributed by atoms with Crippen molar-refractivity contribution >= 4 is 23.5 Å². The minimum absolute atomic E-state index is 0.528. The lowest BCUT2D eigenvalue weighted by Crippen LogP contribution is -2.36. The molecule has 0 aromatic heterocycles. The van der Waals surface area contributed by atoms with Crippen LogP contribution in [0.5, 0.6) is 0 Å². The van der Waals surface area contributed by atoms with Gasteiger partial charge in [0.2, 0.25) is 5.54 Å². The topological polar surface area (TPSA) is 46.4 Å². The van der Waals surface area contributed by atoms with E-state index in [9.17, 15) is 10.1 Å². The van der Waals surface area contributed by atoms with E-state index >= 15 is 0 Å². The molecule has 0 spiro atoms. The van der Waals surface area contributed by atoms with Crippen LogP contribution in [0.2, 0.25) is 0 Å². The van der Waals surface area contributed by atoms with Gasteiger partial charge >= 0.3 is 0 Å². The van der Waals surface area contributed by atoms with Gasteiger partial charge in [0.25, 0.3) is 5.69 Å². The minimum Gasteiger partial charge on any atom is -0.758 e. The van der Waals surface area contributed by atoms with Gasteiger partial charge in [-0.2, -0.15) is 0 Å². The lowest BCUT2D eigenvalue weighted by atomic mass is 10.0. The zero-order valence-corrected chi connectivity index (χ0v) is 16.5. The Labute approximate surface area is 156 Å². The van der Waals surface area contributed by atoms with Gasteiger partial charge in [0, 0.05) is 47.7 Å². The highest BCUT2D eigenvalue weighted by molar-refractivity contribution is 5.80. The number of para-hydroxylation sites is 2. The quantitative estimate of drug-likeness (QED) is 0.375. The highest BCUT2D eigenvalue weighted by Crippen LogP contribution is 2.30. The molecule has 0 aliphatic carbocycles. The van der Waals surface area contributed by atoms with Gasteiger partial charge in [-0.15, -0.1) is 0 Å². The number of benzene rings is 2. The molecule has 26 heavy (non-hydrogen) atoms. The molecule has 2 aromatic carbocycles. The van der Waals surface area contributed by atoms with Crippen molar-refractivity contribution in [2.75, 3.05) is 5.06 Å². The van der Waals surface area contributed by atoms with E-state index in [0.29, 0.717) is 11.4 Å². The molecule has 0 amide bonds. The molecule has 0 fully saturated rings. The van der Waals surface area contributed by atoms with Gasteiger partial charge in [0.05, 0.1) is 5.56 Å². The maximum atomic E-state index is 12.6. The summed E-state index contributed by atoms with van der Waals surface area (Å²) < 4.78 is 1.02. The number of hydroxylamine groups is 1. The molecule has 0 radical (unpaired) electrons. The second-order valence-electron chi connectivity index (χ2n) is 8.38. The molecule has 0 N–H and O–H groups in total. The Morgan fingerprint density at radius 1 is 0.846 bits per heavy atom. The Morgan fingerprint density at radius 3 is 1.92 bits per heavy atom. The van der Waals surface area contributed by atoms with Gasteiger partial charge in [-0.05, 0) is 44.5 Å². The Hall–Kier alpha value is -2.46. The summed E-state index contributed by atoms with van der Waals surface area (Å²) in [5, 5.41) is 13.7. The summed E-state index contributed by atoms with van der Waals surface area (Å²) >= 11 is 0. The summed E-state index contributed by atoms with van der Waals surface area (Å²) in [6.45, 7) is 11.3. The van der Waals surface area contributed by atoms with E-state index in [1.807, 2.05) is 102 Å². The zero-order valence-electron chi connectivity index (χ0n) is 16.5. The lowest BCUT2D eigenvalue weighted by molar-refractivity contribution is -0.540. The molecule has 0 saturated heterocycles. The van der Waals surface area contributed by atoms with E-state index < -0.39 is 11.1 Å². The molecule has 4 nitrogen and oxygen atoms in total.